The van der Waals surface area contributed by atoms with Crippen LogP contribution in [0.4, 0.5) is 16.0 Å². The molecule has 1 atom stereocenters. The van der Waals surface area contributed by atoms with Crippen molar-refractivity contribution >= 4 is 17.6 Å². The standard InChI is InChI=1S/C25H27FN6O2/c1-3-18-12-19(26)10-16(2)23(18)31-22(24(33)34)11-17-4-6-21(7-5-17)32-14-20(30-15-32)13-29-25-27-8-9-28-25/h4-10,12,14-15,22,31H,3,11,13H2,1-2H3,(H,33,34)(H2,27,28,29). The second-order valence-corrected chi connectivity index (χ2v) is 8.08. The number of nitrogens with one attached hydrogen (secondary N) is 3. The maximum atomic E-state index is 13.8. The molecule has 9 heteroatoms. The van der Waals surface area contributed by atoms with Gasteiger partial charge in [0.25, 0.3) is 0 Å². The van der Waals surface area contributed by atoms with E-state index in [1.165, 1.54) is 12.1 Å². The first kappa shape index (κ1) is 23.0. The monoisotopic (exact) mass is 462 g/mol. The van der Waals surface area contributed by atoms with Gasteiger partial charge >= 0.3 is 5.97 Å². The van der Waals surface area contributed by atoms with Crippen LogP contribution >= 0.6 is 0 Å². The number of nitrogens with zero attached hydrogens (tertiary/aromatic N) is 3. The predicted octanol–water partition coefficient (Wildman–Crippen LogP) is 4.33. The highest BCUT2D eigenvalue weighted by Gasteiger charge is 2.20. The molecule has 1 unspecified atom stereocenters. The molecule has 0 spiro atoms. The van der Waals surface area contributed by atoms with E-state index in [1.807, 2.05) is 42.0 Å². The van der Waals surface area contributed by atoms with Crippen molar-refractivity contribution in [2.75, 3.05) is 10.6 Å². The summed E-state index contributed by atoms with van der Waals surface area (Å²) in [7, 11) is 0. The Labute approximate surface area is 196 Å². The molecule has 0 aliphatic rings. The molecule has 0 saturated carbocycles. The number of anilines is 2. The highest BCUT2D eigenvalue weighted by atomic mass is 19.1. The smallest absolute Gasteiger partial charge is 0.326 e. The number of H-pyrrole nitrogens is 1. The molecule has 4 N–H and O–H groups in total. The van der Waals surface area contributed by atoms with Crippen LogP contribution in [0.1, 0.15) is 29.3 Å². The van der Waals surface area contributed by atoms with Gasteiger partial charge in [-0.15, -0.1) is 0 Å². The topological polar surface area (TPSA) is 108 Å². The van der Waals surface area contributed by atoms with Crippen molar-refractivity contribution in [2.24, 2.45) is 0 Å². The average Bonchev–Trinajstić information content (AvgIpc) is 3.51. The zero-order chi connectivity index (χ0) is 24.1. The van der Waals surface area contributed by atoms with Crippen LogP contribution in [0.3, 0.4) is 0 Å². The number of carbonyl (C=O) groups is 1. The van der Waals surface area contributed by atoms with Gasteiger partial charge in [0.1, 0.15) is 11.9 Å². The molecular weight excluding hydrogens is 435 g/mol. The minimum Gasteiger partial charge on any atom is -0.480 e. The molecule has 4 rings (SSSR count). The third-order valence-corrected chi connectivity index (χ3v) is 5.63. The fourth-order valence-electron chi connectivity index (χ4n) is 3.84. The first-order valence-corrected chi connectivity index (χ1v) is 11.1. The van der Waals surface area contributed by atoms with Crippen LogP contribution in [0.25, 0.3) is 5.69 Å². The number of halogens is 1. The van der Waals surface area contributed by atoms with E-state index < -0.39 is 12.0 Å². The summed E-state index contributed by atoms with van der Waals surface area (Å²) in [4.78, 5) is 23.5. The van der Waals surface area contributed by atoms with Gasteiger partial charge in [-0.05, 0) is 54.3 Å². The van der Waals surface area contributed by atoms with Crippen molar-refractivity contribution < 1.29 is 14.3 Å². The molecule has 176 valence electrons. The molecule has 2 aromatic carbocycles. The lowest BCUT2D eigenvalue weighted by atomic mass is 10.0. The number of aryl methyl sites for hydroxylation is 2. The summed E-state index contributed by atoms with van der Waals surface area (Å²) in [6.45, 7) is 4.23. The van der Waals surface area contributed by atoms with Crippen molar-refractivity contribution in [3.05, 3.63) is 89.5 Å². The molecule has 0 fully saturated rings. The molecule has 2 aromatic heterocycles. The first-order chi connectivity index (χ1) is 16.4. The number of aliphatic carboxylic acids is 1. The molecule has 34 heavy (non-hydrogen) atoms. The summed E-state index contributed by atoms with van der Waals surface area (Å²) in [5.41, 5.74) is 4.79. The van der Waals surface area contributed by atoms with E-state index in [0.29, 0.717) is 30.2 Å². The molecule has 4 aromatic rings. The van der Waals surface area contributed by atoms with E-state index >= 15 is 0 Å². The fourth-order valence-corrected chi connectivity index (χ4v) is 3.84. The summed E-state index contributed by atoms with van der Waals surface area (Å²) in [6, 6.07) is 9.71. The van der Waals surface area contributed by atoms with Gasteiger partial charge < -0.3 is 25.3 Å². The Morgan fingerprint density at radius 3 is 2.71 bits per heavy atom. The maximum absolute atomic E-state index is 13.8. The molecule has 0 aliphatic carbocycles. The number of carboxylic acid groups (broad SMARTS) is 1. The second-order valence-electron chi connectivity index (χ2n) is 8.08. The molecule has 2 heterocycles. The Morgan fingerprint density at radius 1 is 1.24 bits per heavy atom. The number of carboxylic acids is 1. The maximum Gasteiger partial charge on any atom is 0.326 e. The third-order valence-electron chi connectivity index (χ3n) is 5.63. The molecular formula is C25H27FN6O2. The van der Waals surface area contributed by atoms with E-state index in [0.717, 1.165) is 22.5 Å². The summed E-state index contributed by atoms with van der Waals surface area (Å²) in [5.74, 6) is -0.595. The van der Waals surface area contributed by atoms with Gasteiger partial charge in [0.05, 0.1) is 18.6 Å². The van der Waals surface area contributed by atoms with E-state index in [4.69, 9.17) is 0 Å². The molecule has 0 saturated heterocycles. The number of aromatic amines is 1. The van der Waals surface area contributed by atoms with Crippen LogP contribution in [0.5, 0.6) is 0 Å². The van der Waals surface area contributed by atoms with Gasteiger partial charge in [-0.25, -0.2) is 19.2 Å². The Bertz CT molecular complexity index is 1250. The van der Waals surface area contributed by atoms with Crippen LogP contribution in [-0.2, 0) is 24.2 Å². The number of hydrogen-bond acceptors (Lipinski definition) is 5. The van der Waals surface area contributed by atoms with Gasteiger partial charge in [0.15, 0.2) is 5.95 Å². The Kier molecular flexibility index (Phi) is 6.91. The molecule has 0 bridgehead atoms. The van der Waals surface area contributed by atoms with Crippen molar-refractivity contribution in [3.63, 3.8) is 0 Å². The van der Waals surface area contributed by atoms with Crippen molar-refractivity contribution in [3.8, 4) is 5.69 Å². The summed E-state index contributed by atoms with van der Waals surface area (Å²) >= 11 is 0. The minimum atomic E-state index is -0.960. The quantitative estimate of drug-likeness (QED) is 0.280. The van der Waals surface area contributed by atoms with Crippen molar-refractivity contribution in [2.45, 2.75) is 39.3 Å². The van der Waals surface area contributed by atoms with Crippen LogP contribution < -0.4 is 10.6 Å². The normalized spacial score (nSPS) is 11.9. The van der Waals surface area contributed by atoms with Crippen LogP contribution in [0, 0.1) is 12.7 Å². The minimum absolute atomic E-state index is 0.290. The zero-order valence-corrected chi connectivity index (χ0v) is 19.0. The number of hydrogen-bond donors (Lipinski definition) is 4. The summed E-state index contributed by atoms with van der Waals surface area (Å²) in [5, 5.41) is 16.1. The molecule has 0 aliphatic heterocycles. The molecule has 8 nitrogen and oxygen atoms in total. The lowest BCUT2D eigenvalue weighted by Crippen LogP contribution is -2.32. The van der Waals surface area contributed by atoms with Gasteiger partial charge in [0, 0.05) is 36.4 Å². The van der Waals surface area contributed by atoms with E-state index in [-0.39, 0.29) is 12.2 Å². The van der Waals surface area contributed by atoms with E-state index in [9.17, 15) is 14.3 Å². The van der Waals surface area contributed by atoms with Crippen molar-refractivity contribution in [1.29, 1.82) is 0 Å². The third kappa shape index (κ3) is 5.43. The molecule has 0 radical (unpaired) electrons. The van der Waals surface area contributed by atoms with Crippen molar-refractivity contribution in [1.82, 2.24) is 19.5 Å². The Hall–Kier alpha value is -4.14. The van der Waals surface area contributed by atoms with Crippen LogP contribution in [-0.4, -0.2) is 36.6 Å². The lowest BCUT2D eigenvalue weighted by Gasteiger charge is -2.20. The molecule has 0 amide bonds. The number of aromatic nitrogens is 4. The zero-order valence-electron chi connectivity index (χ0n) is 19.0. The van der Waals surface area contributed by atoms with Gasteiger partial charge in [-0.3, -0.25) is 0 Å². The Balaban J connectivity index is 1.43. The number of imidazole rings is 2. The first-order valence-electron chi connectivity index (χ1n) is 11.1. The van der Waals surface area contributed by atoms with Crippen LogP contribution in [0.15, 0.2) is 61.3 Å². The van der Waals surface area contributed by atoms with Crippen LogP contribution in [0.2, 0.25) is 0 Å². The highest BCUT2D eigenvalue weighted by Crippen LogP contribution is 2.25. The van der Waals surface area contributed by atoms with E-state index in [2.05, 4.69) is 25.6 Å². The number of rotatable bonds is 10. The van der Waals surface area contributed by atoms with E-state index in [1.54, 1.807) is 25.6 Å². The SMILES string of the molecule is CCc1cc(F)cc(C)c1NC(Cc1ccc(-n2cnc(CNc3ncc[nH]3)c2)cc1)C(=O)O. The van der Waals surface area contributed by atoms with Gasteiger partial charge in [-0.1, -0.05) is 19.1 Å². The fraction of sp³-hybridized carbons (Fsp3) is 0.240. The largest absolute Gasteiger partial charge is 0.480 e. The summed E-state index contributed by atoms with van der Waals surface area (Å²) < 4.78 is 15.7. The predicted molar refractivity (Wildman–Crippen MR) is 129 cm³/mol. The number of benzene rings is 2. The summed E-state index contributed by atoms with van der Waals surface area (Å²) in [6.07, 6.45) is 7.98. The average molecular weight is 463 g/mol. The lowest BCUT2D eigenvalue weighted by molar-refractivity contribution is -0.137. The second kappa shape index (κ2) is 10.2. The van der Waals surface area contributed by atoms with Gasteiger partial charge in [0.2, 0.25) is 0 Å². The Morgan fingerprint density at radius 2 is 2.03 bits per heavy atom. The highest BCUT2D eigenvalue weighted by molar-refractivity contribution is 5.79. The van der Waals surface area contributed by atoms with Gasteiger partial charge in [-0.2, -0.15) is 0 Å².